The maximum atomic E-state index is 12.7. The predicted octanol–water partition coefficient (Wildman–Crippen LogP) is 5.97. The summed E-state index contributed by atoms with van der Waals surface area (Å²) in [5, 5.41) is -0.520. The van der Waals surface area contributed by atoms with E-state index >= 15 is 0 Å². The number of nitrogens with zero attached hydrogens (tertiary/aromatic N) is 2. The first-order valence-corrected chi connectivity index (χ1v) is 10.3. The minimum atomic E-state index is -0.784. The average molecular weight is 431 g/mol. The molecule has 6 heteroatoms. The summed E-state index contributed by atoms with van der Waals surface area (Å²) in [6.45, 7) is 8.55. The molecule has 0 saturated carbocycles. The summed E-state index contributed by atoms with van der Waals surface area (Å²) in [7, 11) is 3.33. The number of hydrogen-bond donors (Lipinski definition) is 0. The molecule has 2 rings (SSSR count). The molecule has 5 nitrogen and oxygen atoms in total. The third kappa shape index (κ3) is 6.49. The fourth-order valence-corrected chi connectivity index (χ4v) is 3.57. The van der Waals surface area contributed by atoms with Crippen molar-refractivity contribution in [2.45, 2.75) is 33.3 Å². The second kappa shape index (κ2) is 9.52. The Bertz CT molecular complexity index is 864. The van der Waals surface area contributed by atoms with Crippen LogP contribution in [0.1, 0.15) is 33.3 Å². The number of hydrogen-bond acceptors (Lipinski definition) is 3. The van der Waals surface area contributed by atoms with Gasteiger partial charge in [-0.3, -0.25) is 4.79 Å². The molecule has 0 aliphatic heterocycles. The number of rotatable bonds is 7. The van der Waals surface area contributed by atoms with Crippen LogP contribution in [0.3, 0.4) is 0 Å². The number of ether oxygens (including phenoxy) is 1. The summed E-state index contributed by atoms with van der Waals surface area (Å²) < 4.78 is 5.81. The lowest BCUT2D eigenvalue weighted by Gasteiger charge is -2.34. The molecule has 2 amide bonds. The largest absolute Gasteiger partial charge is 0.439 e. The van der Waals surface area contributed by atoms with E-state index in [0.717, 1.165) is 16.7 Å². The van der Waals surface area contributed by atoms with E-state index in [-0.39, 0.29) is 5.41 Å². The Morgan fingerprint density at radius 2 is 1.33 bits per heavy atom. The van der Waals surface area contributed by atoms with Gasteiger partial charge in [0, 0.05) is 32.6 Å². The molecule has 2 aromatic rings. The van der Waals surface area contributed by atoms with Gasteiger partial charge in [0.1, 0.15) is 5.60 Å². The second-order valence-electron chi connectivity index (χ2n) is 8.95. The zero-order valence-corrected chi connectivity index (χ0v) is 19.4. The molecule has 2 aromatic carbocycles. The molecule has 0 saturated heterocycles. The lowest BCUT2D eigenvalue weighted by atomic mass is 9.92. The number of amides is 2. The van der Waals surface area contributed by atoms with Gasteiger partial charge in [-0.25, -0.2) is 4.79 Å². The highest BCUT2D eigenvalue weighted by molar-refractivity contribution is 6.62. The Hall–Kier alpha value is -2.53. The van der Waals surface area contributed by atoms with Crippen LogP contribution in [0.2, 0.25) is 0 Å². The topological polar surface area (TPSA) is 49.9 Å². The van der Waals surface area contributed by atoms with E-state index in [0.29, 0.717) is 13.1 Å². The molecule has 0 N–H and O–H groups in total. The van der Waals surface area contributed by atoms with Gasteiger partial charge in [0.25, 0.3) is 0 Å². The van der Waals surface area contributed by atoms with Gasteiger partial charge in [0.2, 0.25) is 0 Å². The highest BCUT2D eigenvalue weighted by Crippen LogP contribution is 2.29. The van der Waals surface area contributed by atoms with Crippen molar-refractivity contribution >= 4 is 23.1 Å². The van der Waals surface area contributed by atoms with Crippen LogP contribution < -0.4 is 0 Å². The molecule has 0 atom stereocenters. The third-order valence-corrected chi connectivity index (χ3v) is 5.26. The molecule has 0 spiro atoms. The lowest BCUT2D eigenvalue weighted by Crippen LogP contribution is -2.44. The molecule has 0 radical (unpaired) electrons. The first kappa shape index (κ1) is 23.7. The highest BCUT2D eigenvalue weighted by atomic mass is 35.5. The van der Waals surface area contributed by atoms with E-state index < -0.39 is 17.1 Å². The van der Waals surface area contributed by atoms with Crippen LogP contribution in [0.25, 0.3) is 11.1 Å². The second-order valence-corrected chi connectivity index (χ2v) is 9.27. The van der Waals surface area contributed by atoms with Crippen LogP contribution in [-0.4, -0.2) is 48.4 Å². The molecule has 0 fully saturated rings. The number of carbonyl (C=O) groups excluding carboxylic acids is 2. The quantitative estimate of drug-likeness (QED) is 0.401. The van der Waals surface area contributed by atoms with Crippen molar-refractivity contribution in [1.82, 2.24) is 9.80 Å². The van der Waals surface area contributed by atoms with Crippen LogP contribution in [0.5, 0.6) is 0 Å². The molecule has 0 aromatic heterocycles. The van der Waals surface area contributed by atoms with E-state index in [1.807, 2.05) is 70.2 Å². The van der Waals surface area contributed by atoms with Crippen molar-refractivity contribution in [1.29, 1.82) is 0 Å². The fourth-order valence-electron chi connectivity index (χ4n) is 3.51. The third-order valence-electron chi connectivity index (χ3n) is 4.97. The zero-order valence-electron chi connectivity index (χ0n) is 18.6. The van der Waals surface area contributed by atoms with Gasteiger partial charge in [0.15, 0.2) is 0 Å². The van der Waals surface area contributed by atoms with Crippen molar-refractivity contribution < 1.29 is 14.3 Å². The van der Waals surface area contributed by atoms with Crippen molar-refractivity contribution in [3.63, 3.8) is 0 Å². The van der Waals surface area contributed by atoms with Crippen LogP contribution in [-0.2, 0) is 10.3 Å². The minimum Gasteiger partial charge on any atom is -0.439 e. The van der Waals surface area contributed by atoms with Gasteiger partial charge in [-0.2, -0.15) is 0 Å². The van der Waals surface area contributed by atoms with Gasteiger partial charge in [-0.05, 0) is 42.1 Å². The summed E-state index contributed by atoms with van der Waals surface area (Å²) in [4.78, 5) is 27.0. The number of carbonyl (C=O) groups is 2. The Morgan fingerprint density at radius 1 is 0.833 bits per heavy atom. The molecule has 0 unspecified atom stereocenters. The van der Waals surface area contributed by atoms with Crippen LogP contribution in [0, 0.1) is 5.41 Å². The fraction of sp³-hybridized carbons (Fsp3) is 0.417. The molecule has 0 aliphatic carbocycles. The molecule has 0 heterocycles. The molecular weight excluding hydrogens is 400 g/mol. The predicted molar refractivity (Wildman–Crippen MR) is 122 cm³/mol. The lowest BCUT2D eigenvalue weighted by molar-refractivity contribution is 0.00895. The van der Waals surface area contributed by atoms with Gasteiger partial charge >= 0.3 is 11.5 Å². The maximum Gasteiger partial charge on any atom is 0.410 e. The standard InChI is InChI=1S/C24H31ClN2O3/c1-23(2,16-26(5)21(25)28)17-27(6)22(29)30-24(3,4)20-14-12-19(13-15-20)18-10-8-7-9-11-18/h7-15H,16-17H2,1-6H3. The Labute approximate surface area is 184 Å². The van der Waals surface area contributed by atoms with Gasteiger partial charge in [-0.15, -0.1) is 0 Å². The highest BCUT2D eigenvalue weighted by Gasteiger charge is 2.30. The molecule has 0 bridgehead atoms. The van der Waals surface area contributed by atoms with Crippen LogP contribution in [0.4, 0.5) is 9.59 Å². The number of halogens is 1. The molecule has 162 valence electrons. The Morgan fingerprint density at radius 3 is 1.87 bits per heavy atom. The monoisotopic (exact) mass is 430 g/mol. The summed E-state index contributed by atoms with van der Waals surface area (Å²) in [6, 6.07) is 18.2. The average Bonchev–Trinajstić information content (AvgIpc) is 2.67. The Kier molecular flexibility index (Phi) is 7.54. The zero-order chi connectivity index (χ0) is 22.5. The Balaban J connectivity index is 2.03. The van der Waals surface area contributed by atoms with Crippen molar-refractivity contribution in [2.24, 2.45) is 5.41 Å². The van der Waals surface area contributed by atoms with Gasteiger partial charge in [-0.1, -0.05) is 68.4 Å². The van der Waals surface area contributed by atoms with Crippen LogP contribution >= 0.6 is 11.6 Å². The smallest absolute Gasteiger partial charge is 0.410 e. The summed E-state index contributed by atoms with van der Waals surface area (Å²) in [5.74, 6) is 0. The SMILES string of the molecule is CN(CC(C)(C)CN(C)C(=O)OC(C)(C)c1ccc(-c2ccccc2)cc1)C(=O)Cl. The minimum absolute atomic E-state index is 0.339. The molecule has 0 aliphatic rings. The van der Waals surface area contributed by atoms with E-state index in [2.05, 4.69) is 12.1 Å². The maximum absolute atomic E-state index is 12.7. The number of benzene rings is 2. The first-order valence-electron chi connectivity index (χ1n) is 9.92. The van der Waals surface area contributed by atoms with E-state index in [1.165, 1.54) is 9.80 Å². The summed E-state index contributed by atoms with van der Waals surface area (Å²) in [5.41, 5.74) is 2.04. The normalized spacial score (nSPS) is 11.7. The van der Waals surface area contributed by atoms with E-state index in [1.54, 1.807) is 14.1 Å². The summed E-state index contributed by atoms with van der Waals surface area (Å²) >= 11 is 5.52. The van der Waals surface area contributed by atoms with Gasteiger partial charge in [0.05, 0.1) is 0 Å². The summed E-state index contributed by atoms with van der Waals surface area (Å²) in [6.07, 6.45) is -0.417. The van der Waals surface area contributed by atoms with Gasteiger partial charge < -0.3 is 14.5 Å². The van der Waals surface area contributed by atoms with Crippen LogP contribution in [0.15, 0.2) is 54.6 Å². The van der Waals surface area contributed by atoms with E-state index in [9.17, 15) is 9.59 Å². The molecular formula is C24H31ClN2O3. The van der Waals surface area contributed by atoms with Crippen molar-refractivity contribution in [3.8, 4) is 11.1 Å². The van der Waals surface area contributed by atoms with E-state index in [4.69, 9.17) is 16.3 Å². The van der Waals surface area contributed by atoms with Crippen molar-refractivity contribution in [2.75, 3.05) is 27.2 Å². The van der Waals surface area contributed by atoms with Crippen molar-refractivity contribution in [3.05, 3.63) is 60.2 Å². The first-order chi connectivity index (χ1) is 13.9. The molecule has 30 heavy (non-hydrogen) atoms.